The van der Waals surface area contributed by atoms with Gasteiger partial charge in [-0.05, 0) is 0 Å². The Balaban J connectivity index is 2.48. The second-order valence-corrected chi connectivity index (χ2v) is 6.75. The van der Waals surface area contributed by atoms with Gasteiger partial charge in [0.05, 0.1) is 0 Å². The van der Waals surface area contributed by atoms with Gasteiger partial charge < -0.3 is 0 Å². The van der Waals surface area contributed by atoms with Crippen molar-refractivity contribution < 1.29 is 14.3 Å². The first-order valence-electron chi connectivity index (χ1n) is 4.90. The number of carbonyl (C=O) groups is 2. The van der Waals surface area contributed by atoms with Crippen molar-refractivity contribution in [1.29, 1.82) is 0 Å². The van der Waals surface area contributed by atoms with Gasteiger partial charge >= 0.3 is 120 Å². The van der Waals surface area contributed by atoms with Crippen molar-refractivity contribution in [3.8, 4) is 0 Å². The van der Waals surface area contributed by atoms with Crippen LogP contribution in [0.5, 0.6) is 0 Å². The molecule has 5 heteroatoms. The van der Waals surface area contributed by atoms with E-state index in [9.17, 15) is 9.59 Å². The average molecular weight is 291 g/mol. The molecular weight excluding hydrogens is 283 g/mol. The van der Waals surface area contributed by atoms with Crippen molar-refractivity contribution in [2.45, 2.75) is 9.09 Å². The van der Waals surface area contributed by atoms with Crippen LogP contribution in [0.2, 0.25) is 2.66 Å². The zero-order valence-corrected chi connectivity index (χ0v) is 12.6. The Kier molecular flexibility index (Phi) is 3.27. The molecule has 1 atom stereocenters. The number of ether oxygens (including phenoxy) is 1. The average Bonchev–Trinajstić information content (AvgIpc) is 2.51. The van der Waals surface area contributed by atoms with Gasteiger partial charge in [-0.3, -0.25) is 0 Å². The third-order valence-corrected chi connectivity index (χ3v) is 4.70. The Hall–Kier alpha value is -0.160. The van der Waals surface area contributed by atoms with E-state index in [0.29, 0.717) is 39.9 Å². The van der Waals surface area contributed by atoms with Crippen molar-refractivity contribution in [3.05, 3.63) is 33.8 Å². The predicted octanol–water partition coefficient (Wildman–Crippen LogP) is 1.69. The summed E-state index contributed by atoms with van der Waals surface area (Å²) in [4.78, 5) is 23.8. The molecule has 3 nitrogen and oxygen atoms in total. The molecule has 16 heavy (non-hydrogen) atoms. The van der Waals surface area contributed by atoms with Gasteiger partial charge in [-0.15, -0.1) is 0 Å². The van der Waals surface area contributed by atoms with Crippen LogP contribution in [-0.2, 0) is 16.0 Å². The van der Waals surface area contributed by atoms with Crippen molar-refractivity contribution in [1.82, 2.24) is 0 Å². The maximum absolute atomic E-state index is 12.1. The van der Waals surface area contributed by atoms with Crippen molar-refractivity contribution >= 4 is 55.6 Å². The van der Waals surface area contributed by atoms with Gasteiger partial charge in [-0.1, -0.05) is 0 Å². The molecule has 0 bridgehead atoms. The van der Waals surface area contributed by atoms with E-state index in [2.05, 4.69) is 15.9 Å². The number of Topliss-reactive ketones (excluding diaryl/α,β-unsaturated/α-hetero) is 1. The molecule has 0 fully saturated rings. The molecule has 2 rings (SSSR count). The first-order valence-corrected chi connectivity index (χ1v) is 6.70. The molecule has 0 saturated carbocycles. The molecule has 0 heterocycles. The van der Waals surface area contributed by atoms with E-state index in [1.54, 1.807) is 6.07 Å². The van der Waals surface area contributed by atoms with E-state index < -0.39 is 8.63 Å². The second-order valence-electron chi connectivity index (χ2n) is 4.13. The molecule has 0 radical (unpaired) electrons. The third kappa shape index (κ3) is 1.78. The minimum atomic E-state index is -0.919. The first kappa shape index (κ1) is 12.3. The van der Waals surface area contributed by atoms with Crippen molar-refractivity contribution in [2.24, 2.45) is 0 Å². The van der Waals surface area contributed by atoms with Gasteiger partial charge in [-0.25, -0.2) is 0 Å². The van der Waals surface area contributed by atoms with Gasteiger partial charge in [0.2, 0.25) is 0 Å². The Morgan fingerprint density at radius 3 is 2.88 bits per heavy atom. The van der Waals surface area contributed by atoms with Crippen LogP contribution in [0.4, 0.5) is 0 Å². The summed E-state index contributed by atoms with van der Waals surface area (Å²) in [6, 6.07) is 5.49. The molecular formula is C11H8BrNaO3. The molecule has 1 aliphatic rings. The van der Waals surface area contributed by atoms with Crippen LogP contribution in [0.3, 0.4) is 0 Å². The Labute approximate surface area is 119 Å². The summed E-state index contributed by atoms with van der Waals surface area (Å²) in [6.45, 7) is 0. The zero-order valence-electron chi connectivity index (χ0n) is 9.04. The van der Waals surface area contributed by atoms with Crippen LogP contribution in [-0.4, -0.2) is 46.8 Å². The fraction of sp³-hybridized carbons (Fsp3) is 0.273. The number of methoxy groups -OCH3 is 1. The number of hydrogen-bond donors (Lipinski definition) is 0. The summed E-state index contributed by atoms with van der Waals surface area (Å²) < 4.78 is 4.74. The van der Waals surface area contributed by atoms with E-state index in [-0.39, 0.29) is 5.78 Å². The molecule has 1 aliphatic carbocycles. The molecule has 0 aliphatic heterocycles. The zero-order chi connectivity index (χ0) is 11.9. The first-order chi connectivity index (χ1) is 7.49. The van der Waals surface area contributed by atoms with Gasteiger partial charge in [0.25, 0.3) is 0 Å². The fourth-order valence-corrected chi connectivity index (χ4v) is 3.34. The number of rotatable bonds is 1. The van der Waals surface area contributed by atoms with E-state index in [1.807, 2.05) is 12.1 Å². The number of benzene rings is 1. The van der Waals surface area contributed by atoms with E-state index in [4.69, 9.17) is 4.74 Å². The number of carbonyl (C=O) groups excluding carboxylic acids is 2. The number of ketones is 1. The summed E-state index contributed by atoms with van der Waals surface area (Å²) in [5, 5.41) is 0. The molecule has 1 aromatic rings. The topological polar surface area (TPSA) is 43.4 Å². The van der Waals surface area contributed by atoms with Gasteiger partial charge in [0.15, 0.2) is 0 Å². The number of fused-ring (bicyclic) bond motifs is 1. The summed E-state index contributed by atoms with van der Waals surface area (Å²) in [6.07, 6.45) is 0.472. The molecule has 0 aromatic heterocycles. The number of hydrogen-bond acceptors (Lipinski definition) is 3. The number of esters is 1. The van der Waals surface area contributed by atoms with E-state index >= 15 is 0 Å². The van der Waals surface area contributed by atoms with Gasteiger partial charge in [-0.2, -0.15) is 0 Å². The van der Waals surface area contributed by atoms with Gasteiger partial charge in [0.1, 0.15) is 0 Å². The van der Waals surface area contributed by atoms with Crippen LogP contribution >= 0.6 is 15.9 Å². The summed E-state index contributed by atoms with van der Waals surface area (Å²) in [5.74, 6) is -0.495. The quantitative estimate of drug-likeness (QED) is 0.449. The summed E-state index contributed by atoms with van der Waals surface area (Å²) in [7, 11) is 1.33. The number of halogens is 1. The minimum absolute atomic E-state index is 0.0893. The Morgan fingerprint density at radius 2 is 2.25 bits per heavy atom. The Bertz CT molecular complexity index is 486. The Morgan fingerprint density at radius 1 is 1.56 bits per heavy atom. The summed E-state index contributed by atoms with van der Waals surface area (Å²) >= 11 is 3.83. The molecule has 0 saturated heterocycles. The van der Waals surface area contributed by atoms with E-state index in [0.717, 1.165) is 10.0 Å². The standard InChI is InChI=1S/C11H8BrO3.Na/c1-15-11(14)9-5-6-4-7(12)2-3-8(6)10(9)13;/h2-4H,5H2,1H3;. The normalized spacial score (nSPS) is 23.1. The van der Waals surface area contributed by atoms with Crippen LogP contribution in [0, 0.1) is 0 Å². The fourth-order valence-electron chi connectivity index (χ4n) is 2.08. The molecule has 0 N–H and O–H groups in total. The SMILES string of the molecule is COC(=O)[C]1([Na])Cc2cc(Br)ccc2C1=O. The molecule has 0 spiro atoms. The summed E-state index contributed by atoms with van der Waals surface area (Å²) in [5.41, 5.74) is 1.59. The van der Waals surface area contributed by atoms with Crippen LogP contribution < -0.4 is 0 Å². The van der Waals surface area contributed by atoms with Gasteiger partial charge in [0, 0.05) is 0 Å². The third-order valence-electron chi connectivity index (χ3n) is 2.99. The molecule has 1 aromatic carbocycles. The second kappa shape index (κ2) is 4.26. The van der Waals surface area contributed by atoms with Crippen LogP contribution in [0.15, 0.2) is 22.7 Å². The predicted molar refractivity (Wildman–Crippen MR) is 62.6 cm³/mol. The maximum atomic E-state index is 12.1. The molecule has 0 amide bonds. The van der Waals surface area contributed by atoms with E-state index in [1.165, 1.54) is 7.11 Å². The van der Waals surface area contributed by atoms with Crippen LogP contribution in [0.1, 0.15) is 15.9 Å². The van der Waals surface area contributed by atoms with Crippen molar-refractivity contribution in [2.75, 3.05) is 7.11 Å². The van der Waals surface area contributed by atoms with Crippen LogP contribution in [0.25, 0.3) is 0 Å². The molecule has 1 unspecified atom stereocenters. The monoisotopic (exact) mass is 290 g/mol. The molecule has 78 valence electrons. The van der Waals surface area contributed by atoms with Crippen molar-refractivity contribution in [3.63, 3.8) is 0 Å².